The summed E-state index contributed by atoms with van der Waals surface area (Å²) in [4.78, 5) is 4.40. The van der Waals surface area contributed by atoms with Gasteiger partial charge in [0.05, 0.1) is 12.3 Å². The fourth-order valence-electron chi connectivity index (χ4n) is 1.98. The van der Waals surface area contributed by atoms with Crippen molar-refractivity contribution in [3.63, 3.8) is 0 Å². The van der Waals surface area contributed by atoms with Crippen molar-refractivity contribution in [2.24, 2.45) is 5.92 Å². The van der Waals surface area contributed by atoms with Crippen LogP contribution >= 0.6 is 31.9 Å². The summed E-state index contributed by atoms with van der Waals surface area (Å²) in [5, 5.41) is 3.56. The highest BCUT2D eigenvalue weighted by Crippen LogP contribution is 2.20. The summed E-state index contributed by atoms with van der Waals surface area (Å²) in [6, 6.07) is 2.55. The fraction of sp³-hybridized carbons (Fsp3) is 0.583. The molecule has 2 rings (SSSR count). The lowest BCUT2D eigenvalue weighted by atomic mass is 9.98. The summed E-state index contributed by atoms with van der Waals surface area (Å²) in [5.41, 5.74) is 1.05. The average Bonchev–Trinajstić information content (AvgIpc) is 2.30. The van der Waals surface area contributed by atoms with E-state index < -0.39 is 0 Å². The predicted molar refractivity (Wildman–Crippen MR) is 74.9 cm³/mol. The van der Waals surface area contributed by atoms with E-state index in [9.17, 15) is 0 Å². The number of ether oxygens (including phenoxy) is 1. The van der Waals surface area contributed by atoms with Gasteiger partial charge in [0.15, 0.2) is 0 Å². The first-order valence-corrected chi connectivity index (χ1v) is 7.36. The first-order chi connectivity index (χ1) is 8.16. The van der Waals surface area contributed by atoms with Crippen molar-refractivity contribution in [2.45, 2.75) is 25.9 Å². The molecule has 0 spiro atoms. The zero-order valence-electron chi connectivity index (χ0n) is 9.75. The highest BCUT2D eigenvalue weighted by Gasteiger charge is 2.21. The molecule has 1 aromatic heterocycles. The second kappa shape index (κ2) is 6.27. The molecule has 1 fully saturated rings. The first kappa shape index (κ1) is 13.5. The number of nitrogens with zero attached hydrogens (tertiary/aromatic N) is 1. The number of pyridine rings is 1. The van der Waals surface area contributed by atoms with Crippen LogP contribution in [0.1, 0.15) is 19.0 Å². The lowest BCUT2D eigenvalue weighted by Gasteiger charge is -2.29. The Bertz CT molecular complexity index is 387. The van der Waals surface area contributed by atoms with Crippen molar-refractivity contribution in [1.29, 1.82) is 0 Å². The third-order valence-electron chi connectivity index (χ3n) is 3.06. The molecule has 0 aliphatic carbocycles. The zero-order chi connectivity index (χ0) is 12.3. The molecule has 3 nitrogen and oxygen atoms in total. The Labute approximate surface area is 119 Å². The minimum atomic E-state index is 0.529. The number of nitrogens with one attached hydrogen (secondary N) is 1. The van der Waals surface area contributed by atoms with Crippen molar-refractivity contribution in [3.05, 3.63) is 26.9 Å². The van der Waals surface area contributed by atoms with Gasteiger partial charge in [0.1, 0.15) is 0 Å². The van der Waals surface area contributed by atoms with Crippen LogP contribution in [0.15, 0.2) is 21.2 Å². The lowest BCUT2D eigenvalue weighted by molar-refractivity contribution is 0.0385. The monoisotopic (exact) mass is 362 g/mol. The van der Waals surface area contributed by atoms with E-state index >= 15 is 0 Å². The van der Waals surface area contributed by atoms with Crippen molar-refractivity contribution in [1.82, 2.24) is 10.3 Å². The topological polar surface area (TPSA) is 34.1 Å². The average molecular weight is 364 g/mol. The van der Waals surface area contributed by atoms with Gasteiger partial charge >= 0.3 is 0 Å². The van der Waals surface area contributed by atoms with E-state index in [2.05, 4.69) is 49.1 Å². The van der Waals surface area contributed by atoms with Gasteiger partial charge in [-0.05, 0) is 50.3 Å². The van der Waals surface area contributed by atoms with E-state index in [-0.39, 0.29) is 0 Å². The van der Waals surface area contributed by atoms with E-state index in [1.807, 2.05) is 12.3 Å². The maximum atomic E-state index is 5.43. The van der Waals surface area contributed by atoms with Crippen LogP contribution in [0.2, 0.25) is 0 Å². The highest BCUT2D eigenvalue weighted by molar-refractivity contribution is 9.11. The Morgan fingerprint density at radius 1 is 1.53 bits per heavy atom. The van der Waals surface area contributed by atoms with Gasteiger partial charge in [0.2, 0.25) is 0 Å². The molecule has 1 N–H and O–H groups in total. The second-order valence-corrected chi connectivity index (χ2v) is 6.18. The van der Waals surface area contributed by atoms with Crippen LogP contribution < -0.4 is 5.32 Å². The molecule has 0 aromatic carbocycles. The van der Waals surface area contributed by atoms with Crippen molar-refractivity contribution in [2.75, 3.05) is 13.2 Å². The molecular weight excluding hydrogens is 348 g/mol. The molecule has 0 saturated carbocycles. The normalized spacial score (nSPS) is 24.9. The van der Waals surface area contributed by atoms with Crippen LogP contribution in [0.4, 0.5) is 0 Å². The highest BCUT2D eigenvalue weighted by atomic mass is 79.9. The quantitative estimate of drug-likeness (QED) is 0.895. The molecule has 0 radical (unpaired) electrons. The minimum absolute atomic E-state index is 0.529. The number of hydrogen-bond acceptors (Lipinski definition) is 3. The Morgan fingerprint density at radius 2 is 2.35 bits per heavy atom. The smallest absolute Gasteiger partial charge is 0.0684 e. The van der Waals surface area contributed by atoms with E-state index in [0.717, 1.165) is 40.8 Å². The van der Waals surface area contributed by atoms with Crippen LogP contribution in [-0.2, 0) is 11.3 Å². The van der Waals surface area contributed by atoms with Crippen LogP contribution in [0.3, 0.4) is 0 Å². The van der Waals surface area contributed by atoms with Crippen LogP contribution in [0.5, 0.6) is 0 Å². The van der Waals surface area contributed by atoms with Gasteiger partial charge in [-0.3, -0.25) is 4.98 Å². The summed E-state index contributed by atoms with van der Waals surface area (Å²) < 4.78 is 7.47. The standard InChI is InChI=1S/C12H16Br2N2O/c1-8-7-17-3-2-11(8)16-6-12-10(14)4-9(13)5-15-12/h4-5,8,11,16H,2-3,6-7H2,1H3. The summed E-state index contributed by atoms with van der Waals surface area (Å²) in [5.74, 6) is 0.568. The first-order valence-electron chi connectivity index (χ1n) is 5.78. The molecule has 17 heavy (non-hydrogen) atoms. The summed E-state index contributed by atoms with van der Waals surface area (Å²) in [7, 11) is 0. The molecule has 1 aliphatic heterocycles. The second-order valence-electron chi connectivity index (χ2n) is 4.41. The van der Waals surface area contributed by atoms with Crippen molar-refractivity contribution < 1.29 is 4.74 Å². The molecule has 2 unspecified atom stereocenters. The number of halogens is 2. The Morgan fingerprint density at radius 3 is 3.06 bits per heavy atom. The number of aromatic nitrogens is 1. The van der Waals surface area contributed by atoms with Crippen molar-refractivity contribution in [3.8, 4) is 0 Å². The molecule has 94 valence electrons. The summed E-state index contributed by atoms with van der Waals surface area (Å²) in [6.07, 6.45) is 2.91. The van der Waals surface area contributed by atoms with Crippen molar-refractivity contribution >= 4 is 31.9 Å². The third kappa shape index (κ3) is 3.74. The van der Waals surface area contributed by atoms with Crippen LogP contribution in [0.25, 0.3) is 0 Å². The van der Waals surface area contributed by atoms with E-state index in [1.165, 1.54) is 0 Å². The van der Waals surface area contributed by atoms with Gasteiger partial charge in [0, 0.05) is 34.3 Å². The Hall–Kier alpha value is 0.0300. The maximum absolute atomic E-state index is 5.43. The molecule has 2 heterocycles. The van der Waals surface area contributed by atoms with Gasteiger partial charge in [-0.25, -0.2) is 0 Å². The molecular formula is C12H16Br2N2O. The van der Waals surface area contributed by atoms with Crippen LogP contribution in [0, 0.1) is 5.92 Å². The minimum Gasteiger partial charge on any atom is -0.381 e. The summed E-state index contributed by atoms with van der Waals surface area (Å²) >= 11 is 6.93. The molecule has 1 saturated heterocycles. The maximum Gasteiger partial charge on any atom is 0.0684 e. The van der Waals surface area contributed by atoms with E-state index in [1.54, 1.807) is 0 Å². The lowest BCUT2D eigenvalue weighted by Crippen LogP contribution is -2.41. The number of rotatable bonds is 3. The van der Waals surface area contributed by atoms with Crippen LogP contribution in [-0.4, -0.2) is 24.2 Å². The largest absolute Gasteiger partial charge is 0.381 e. The molecule has 5 heteroatoms. The Kier molecular flexibility index (Phi) is 4.97. The van der Waals surface area contributed by atoms with Gasteiger partial charge in [-0.1, -0.05) is 6.92 Å². The van der Waals surface area contributed by atoms with Gasteiger partial charge in [-0.15, -0.1) is 0 Å². The van der Waals surface area contributed by atoms with E-state index in [0.29, 0.717) is 12.0 Å². The predicted octanol–water partition coefficient (Wildman–Crippen LogP) is 3.12. The molecule has 0 bridgehead atoms. The number of hydrogen-bond donors (Lipinski definition) is 1. The SMILES string of the molecule is CC1COCCC1NCc1ncc(Br)cc1Br. The fourth-order valence-corrected chi connectivity index (χ4v) is 3.11. The Balaban J connectivity index is 1.92. The molecule has 1 aromatic rings. The van der Waals surface area contributed by atoms with Gasteiger partial charge in [-0.2, -0.15) is 0 Å². The summed E-state index contributed by atoms with van der Waals surface area (Å²) in [6.45, 7) is 4.73. The molecule has 1 aliphatic rings. The zero-order valence-corrected chi connectivity index (χ0v) is 12.9. The van der Waals surface area contributed by atoms with Gasteiger partial charge < -0.3 is 10.1 Å². The molecule has 2 atom stereocenters. The molecule has 0 amide bonds. The van der Waals surface area contributed by atoms with E-state index in [4.69, 9.17) is 4.74 Å². The van der Waals surface area contributed by atoms with Gasteiger partial charge in [0.25, 0.3) is 0 Å². The third-order valence-corrected chi connectivity index (χ3v) is 4.18.